The van der Waals surface area contributed by atoms with Crippen molar-refractivity contribution in [2.75, 3.05) is 0 Å². The van der Waals surface area contributed by atoms with E-state index in [0.29, 0.717) is 11.1 Å². The van der Waals surface area contributed by atoms with Crippen LogP contribution in [0.2, 0.25) is 0 Å². The molecule has 0 aliphatic carbocycles. The molecule has 24 heavy (non-hydrogen) atoms. The Labute approximate surface area is 139 Å². The molecule has 124 valence electrons. The number of Topliss-reactive ketones (excluding diaryl/α,β-unsaturated/α-hetero) is 1. The molecule has 2 aromatic carbocycles. The van der Waals surface area contributed by atoms with E-state index in [1.165, 1.54) is 0 Å². The van der Waals surface area contributed by atoms with Crippen LogP contribution in [-0.4, -0.2) is 12.0 Å². The van der Waals surface area contributed by atoms with Gasteiger partial charge in [0.2, 0.25) is 0 Å². The van der Waals surface area contributed by atoms with Crippen molar-refractivity contribution in [3.63, 3.8) is 0 Å². The lowest BCUT2D eigenvalue weighted by molar-refractivity contribution is -0.140. The van der Waals surface area contributed by atoms with E-state index in [2.05, 4.69) is 11.8 Å². The first-order valence-electron chi connectivity index (χ1n) is 7.65. The molecule has 1 nitrogen and oxygen atoms in total. The molecule has 0 spiro atoms. The van der Waals surface area contributed by atoms with E-state index in [9.17, 15) is 18.0 Å². The molecular weight excluding hydrogens is 313 g/mol. The highest BCUT2D eigenvalue weighted by Crippen LogP contribution is 2.27. The summed E-state index contributed by atoms with van der Waals surface area (Å²) >= 11 is 0. The lowest BCUT2D eigenvalue weighted by atomic mass is 9.95. The Morgan fingerprint density at radius 2 is 1.54 bits per heavy atom. The van der Waals surface area contributed by atoms with Gasteiger partial charge in [0, 0.05) is 23.5 Å². The van der Waals surface area contributed by atoms with Gasteiger partial charge in [0.05, 0.1) is 6.42 Å². The second kappa shape index (κ2) is 8.35. The molecule has 1 unspecified atom stereocenters. The van der Waals surface area contributed by atoms with Gasteiger partial charge >= 0.3 is 6.18 Å². The van der Waals surface area contributed by atoms with Gasteiger partial charge in [-0.05, 0) is 18.6 Å². The van der Waals surface area contributed by atoms with E-state index in [1.54, 1.807) is 54.6 Å². The maximum Gasteiger partial charge on any atom is 0.390 e. The predicted octanol–water partition coefficient (Wildman–Crippen LogP) is 5.27. The summed E-state index contributed by atoms with van der Waals surface area (Å²) in [5.74, 6) is 4.39. The minimum atomic E-state index is -4.30. The van der Waals surface area contributed by atoms with Crippen molar-refractivity contribution in [2.45, 2.75) is 25.4 Å². The number of alkyl halides is 3. The molecule has 0 N–H and O–H groups in total. The fourth-order valence-electron chi connectivity index (χ4n) is 2.29. The lowest BCUT2D eigenvalue weighted by Crippen LogP contribution is -2.15. The van der Waals surface area contributed by atoms with Gasteiger partial charge < -0.3 is 0 Å². The molecule has 0 amide bonds. The standard InChI is InChI=1S/C20H17F3O/c21-20(22,23)15-17(12-11-16-7-3-1-4-8-16)13-14-19(24)18-9-5-2-6-10-18/h1-10,17H,13-15H2. The lowest BCUT2D eigenvalue weighted by Gasteiger charge is -2.13. The Hall–Kier alpha value is -2.54. The Bertz CT molecular complexity index is 709. The highest BCUT2D eigenvalue weighted by atomic mass is 19.4. The van der Waals surface area contributed by atoms with E-state index >= 15 is 0 Å². The van der Waals surface area contributed by atoms with Gasteiger partial charge in [0.25, 0.3) is 0 Å². The molecule has 0 heterocycles. The maximum absolute atomic E-state index is 12.7. The summed E-state index contributed by atoms with van der Waals surface area (Å²) in [6.07, 6.45) is -5.16. The van der Waals surface area contributed by atoms with Crippen LogP contribution in [0.15, 0.2) is 60.7 Å². The van der Waals surface area contributed by atoms with Gasteiger partial charge in [-0.15, -0.1) is 0 Å². The van der Waals surface area contributed by atoms with E-state index in [-0.39, 0.29) is 18.6 Å². The topological polar surface area (TPSA) is 17.1 Å². The van der Waals surface area contributed by atoms with Crippen molar-refractivity contribution in [1.82, 2.24) is 0 Å². The van der Waals surface area contributed by atoms with Crippen molar-refractivity contribution < 1.29 is 18.0 Å². The summed E-state index contributed by atoms with van der Waals surface area (Å²) in [5, 5.41) is 0. The van der Waals surface area contributed by atoms with Crippen LogP contribution < -0.4 is 0 Å². The zero-order valence-corrected chi connectivity index (χ0v) is 13.0. The number of benzene rings is 2. The van der Waals surface area contributed by atoms with Gasteiger partial charge in [0.15, 0.2) is 5.78 Å². The molecule has 4 heteroatoms. The van der Waals surface area contributed by atoms with Gasteiger partial charge in [0.1, 0.15) is 0 Å². The van der Waals surface area contributed by atoms with Crippen LogP contribution >= 0.6 is 0 Å². The number of halogens is 3. The number of carbonyl (C=O) groups excluding carboxylic acids is 1. The number of rotatable bonds is 5. The highest BCUT2D eigenvalue weighted by molar-refractivity contribution is 5.95. The molecule has 0 aliphatic rings. The molecule has 0 fully saturated rings. The van der Waals surface area contributed by atoms with E-state index in [1.807, 2.05) is 6.07 Å². The first-order chi connectivity index (χ1) is 11.4. The molecule has 2 aromatic rings. The first kappa shape index (κ1) is 17.8. The zero-order chi connectivity index (χ0) is 17.4. The third kappa shape index (κ3) is 6.29. The second-order valence-corrected chi connectivity index (χ2v) is 5.48. The minimum Gasteiger partial charge on any atom is -0.294 e. The SMILES string of the molecule is O=C(CCC(C#Cc1ccccc1)CC(F)(F)F)c1ccccc1. The predicted molar refractivity (Wildman–Crippen MR) is 87.5 cm³/mol. The van der Waals surface area contributed by atoms with Crippen molar-refractivity contribution in [3.8, 4) is 11.8 Å². The summed E-state index contributed by atoms with van der Waals surface area (Å²) in [7, 11) is 0. The molecule has 0 aromatic heterocycles. The Morgan fingerprint density at radius 1 is 0.958 bits per heavy atom. The van der Waals surface area contributed by atoms with Gasteiger partial charge in [-0.3, -0.25) is 4.79 Å². The summed E-state index contributed by atoms with van der Waals surface area (Å²) in [6, 6.07) is 17.4. The van der Waals surface area contributed by atoms with E-state index < -0.39 is 18.5 Å². The van der Waals surface area contributed by atoms with E-state index in [4.69, 9.17) is 0 Å². The largest absolute Gasteiger partial charge is 0.390 e. The summed E-state index contributed by atoms with van der Waals surface area (Å²) in [4.78, 5) is 12.1. The third-order valence-electron chi connectivity index (χ3n) is 3.49. The summed E-state index contributed by atoms with van der Waals surface area (Å²) in [5.41, 5.74) is 1.18. The van der Waals surface area contributed by atoms with Crippen LogP contribution in [0.5, 0.6) is 0 Å². The molecule has 0 saturated heterocycles. The normalized spacial score (nSPS) is 12.1. The quantitative estimate of drug-likeness (QED) is 0.539. The third-order valence-corrected chi connectivity index (χ3v) is 3.49. The first-order valence-corrected chi connectivity index (χ1v) is 7.65. The van der Waals surface area contributed by atoms with E-state index in [0.717, 1.165) is 0 Å². The maximum atomic E-state index is 12.7. The smallest absolute Gasteiger partial charge is 0.294 e. The Kier molecular flexibility index (Phi) is 6.20. The summed E-state index contributed by atoms with van der Waals surface area (Å²) in [6.45, 7) is 0. The molecule has 2 rings (SSSR count). The number of hydrogen-bond donors (Lipinski definition) is 0. The van der Waals surface area contributed by atoms with Crippen LogP contribution in [0.4, 0.5) is 13.2 Å². The van der Waals surface area contributed by atoms with Crippen molar-refractivity contribution >= 4 is 5.78 Å². The molecule has 0 radical (unpaired) electrons. The number of hydrogen-bond acceptors (Lipinski definition) is 1. The van der Waals surface area contributed by atoms with Crippen LogP contribution in [-0.2, 0) is 0 Å². The van der Waals surface area contributed by atoms with Crippen molar-refractivity contribution in [1.29, 1.82) is 0 Å². The van der Waals surface area contributed by atoms with Crippen LogP contribution in [0.25, 0.3) is 0 Å². The monoisotopic (exact) mass is 330 g/mol. The average Bonchev–Trinajstić information content (AvgIpc) is 2.57. The molecule has 1 atom stereocenters. The second-order valence-electron chi connectivity index (χ2n) is 5.48. The molecule has 0 aliphatic heterocycles. The Morgan fingerprint density at radius 3 is 2.12 bits per heavy atom. The summed E-state index contributed by atoms with van der Waals surface area (Å²) < 4.78 is 38.2. The minimum absolute atomic E-state index is 0.0498. The number of ketones is 1. The number of carbonyl (C=O) groups is 1. The van der Waals surface area contributed by atoms with Gasteiger partial charge in [-0.1, -0.05) is 60.4 Å². The van der Waals surface area contributed by atoms with Gasteiger partial charge in [-0.2, -0.15) is 13.2 Å². The molecule has 0 bridgehead atoms. The zero-order valence-electron chi connectivity index (χ0n) is 13.0. The average molecular weight is 330 g/mol. The Balaban J connectivity index is 2.04. The highest BCUT2D eigenvalue weighted by Gasteiger charge is 2.31. The van der Waals surface area contributed by atoms with Crippen molar-refractivity contribution in [2.24, 2.45) is 5.92 Å². The van der Waals surface area contributed by atoms with Crippen LogP contribution in [0.1, 0.15) is 35.2 Å². The van der Waals surface area contributed by atoms with Gasteiger partial charge in [-0.25, -0.2) is 0 Å². The fraction of sp³-hybridized carbons (Fsp3) is 0.250. The molecular formula is C20H17F3O. The van der Waals surface area contributed by atoms with Crippen LogP contribution in [0.3, 0.4) is 0 Å². The van der Waals surface area contributed by atoms with Crippen molar-refractivity contribution in [3.05, 3.63) is 71.8 Å². The van der Waals surface area contributed by atoms with Crippen LogP contribution in [0, 0.1) is 17.8 Å². The fourth-order valence-corrected chi connectivity index (χ4v) is 2.29. The molecule has 0 saturated carbocycles.